The van der Waals surface area contributed by atoms with Crippen molar-refractivity contribution in [3.63, 3.8) is 0 Å². The van der Waals surface area contributed by atoms with Crippen LogP contribution in [0, 0.1) is 46.3 Å². The SMILES string of the molecule is CC(C)CCCC(C)[C@H]1CC[C@H]2[C@@H]3C(=O)C=C4C[C@@H](O)CC[C@]4(C)[C@H]3CC[C@]12C.CCCCCCCCCC(=O)O.NCCCCC(N)C(=O)O. The molecular weight excluding hydrogens is 640 g/mol. The van der Waals surface area contributed by atoms with E-state index in [1.54, 1.807) is 0 Å². The molecule has 8 heteroatoms. The topological polar surface area (TPSA) is 164 Å². The number of carboxylic acids is 2. The number of allylic oxidation sites excluding steroid dienone is 1. The van der Waals surface area contributed by atoms with Gasteiger partial charge in [0.2, 0.25) is 0 Å². The first-order chi connectivity index (χ1) is 24.1. The summed E-state index contributed by atoms with van der Waals surface area (Å²) in [5.74, 6) is 2.51. The van der Waals surface area contributed by atoms with Crippen molar-refractivity contribution < 1.29 is 29.7 Å². The largest absolute Gasteiger partial charge is 0.481 e. The van der Waals surface area contributed by atoms with Crippen molar-refractivity contribution in [2.75, 3.05) is 6.54 Å². The van der Waals surface area contributed by atoms with Gasteiger partial charge in [-0.2, -0.15) is 0 Å². The average Bonchev–Trinajstić information content (AvgIpc) is 3.42. The number of aliphatic hydroxyl groups excluding tert-OH is 1. The summed E-state index contributed by atoms with van der Waals surface area (Å²) in [7, 11) is 0. The molecule has 3 saturated carbocycles. The lowest BCUT2D eigenvalue weighted by Gasteiger charge is -2.57. The standard InChI is InChI=1S/C27H44O2.C10H20O2.C6H14N2O2/c1-17(2)7-6-8-18(3)21-9-10-22-25-23(12-14-27(21,22)5)26(4)13-11-20(28)15-19(26)16-24(25)29;1-2-3-4-5-6-7-8-9-10(11)12;7-4-2-1-3-5(8)6(9)10/h16-18,20-23,25,28H,6-15H2,1-5H3;2-9H2,1H3,(H,11,12);5H,1-4,7-8H2,(H,9,10)/t18?,20-,21+,22-,23-,25-,26-,27+;;/m0../s1. The van der Waals surface area contributed by atoms with Crippen LogP contribution in [0.2, 0.25) is 0 Å². The molecule has 0 aliphatic heterocycles. The fourth-order valence-electron chi connectivity index (χ4n) is 10.3. The first kappa shape index (κ1) is 45.4. The monoisotopic (exact) mass is 719 g/mol. The molecule has 0 aromatic rings. The van der Waals surface area contributed by atoms with Gasteiger partial charge < -0.3 is 26.8 Å². The van der Waals surface area contributed by atoms with E-state index in [-0.39, 0.29) is 17.4 Å². The van der Waals surface area contributed by atoms with E-state index in [1.807, 2.05) is 6.08 Å². The second-order valence-corrected chi connectivity index (χ2v) is 17.6. The third kappa shape index (κ3) is 13.5. The molecule has 0 saturated heterocycles. The Morgan fingerprint density at radius 3 is 2.12 bits per heavy atom. The zero-order chi connectivity index (χ0) is 38.2. The Balaban J connectivity index is 0.000000339. The number of carbonyl (C=O) groups excluding carboxylic acids is 1. The molecule has 0 amide bonds. The molecule has 0 bridgehead atoms. The van der Waals surface area contributed by atoms with Crippen LogP contribution in [0.1, 0.15) is 176 Å². The quantitative estimate of drug-likeness (QED) is 0.0875. The van der Waals surface area contributed by atoms with Crippen LogP contribution in [0.25, 0.3) is 0 Å². The maximum absolute atomic E-state index is 13.4. The van der Waals surface area contributed by atoms with Gasteiger partial charge in [0.15, 0.2) is 5.78 Å². The van der Waals surface area contributed by atoms with E-state index in [9.17, 15) is 19.5 Å². The number of unbranched alkanes of at least 4 members (excludes halogenated alkanes) is 7. The highest BCUT2D eigenvalue weighted by Crippen LogP contribution is 2.66. The van der Waals surface area contributed by atoms with Crippen molar-refractivity contribution in [2.45, 2.75) is 189 Å². The number of aliphatic hydroxyl groups is 1. The van der Waals surface area contributed by atoms with Crippen LogP contribution in [-0.2, 0) is 14.4 Å². The number of hydrogen-bond donors (Lipinski definition) is 5. The maximum atomic E-state index is 13.4. The molecule has 9 atom stereocenters. The summed E-state index contributed by atoms with van der Waals surface area (Å²) in [6.07, 6.45) is 24.4. The fourth-order valence-corrected chi connectivity index (χ4v) is 10.3. The number of nitrogens with two attached hydrogens (primary N) is 2. The van der Waals surface area contributed by atoms with Crippen molar-refractivity contribution in [2.24, 2.45) is 57.8 Å². The third-order valence-electron chi connectivity index (χ3n) is 13.4. The minimum Gasteiger partial charge on any atom is -0.481 e. The molecule has 0 radical (unpaired) electrons. The molecule has 0 heterocycles. The molecule has 0 aromatic carbocycles. The van der Waals surface area contributed by atoms with Gasteiger partial charge in [0.1, 0.15) is 6.04 Å². The van der Waals surface area contributed by atoms with E-state index >= 15 is 0 Å². The average molecular weight is 719 g/mol. The molecule has 4 rings (SSSR count). The minimum absolute atomic E-state index is 0.153. The zero-order valence-electron chi connectivity index (χ0n) is 33.5. The van der Waals surface area contributed by atoms with Gasteiger partial charge in [-0.05, 0) is 117 Å². The van der Waals surface area contributed by atoms with E-state index in [1.165, 1.54) is 82.6 Å². The first-order valence-corrected chi connectivity index (χ1v) is 20.9. The number of carbonyl (C=O) groups is 3. The predicted octanol–water partition coefficient (Wildman–Crippen LogP) is 9.31. The summed E-state index contributed by atoms with van der Waals surface area (Å²) in [5.41, 5.74) is 12.2. The van der Waals surface area contributed by atoms with Crippen LogP contribution in [0.4, 0.5) is 0 Å². The highest BCUT2D eigenvalue weighted by atomic mass is 16.4. The second-order valence-electron chi connectivity index (χ2n) is 17.6. The van der Waals surface area contributed by atoms with Crippen LogP contribution in [-0.4, -0.2) is 51.7 Å². The van der Waals surface area contributed by atoms with E-state index in [2.05, 4.69) is 41.5 Å². The van der Waals surface area contributed by atoms with Gasteiger partial charge in [-0.3, -0.25) is 14.4 Å². The van der Waals surface area contributed by atoms with Gasteiger partial charge in [0, 0.05) is 12.3 Å². The number of ketones is 1. The molecule has 8 nitrogen and oxygen atoms in total. The molecule has 7 N–H and O–H groups in total. The van der Waals surface area contributed by atoms with E-state index in [4.69, 9.17) is 21.7 Å². The lowest BCUT2D eigenvalue weighted by Crippen LogP contribution is -2.53. The van der Waals surface area contributed by atoms with Crippen LogP contribution in [0.5, 0.6) is 0 Å². The van der Waals surface area contributed by atoms with Crippen molar-refractivity contribution in [3.8, 4) is 0 Å². The molecule has 2 unspecified atom stereocenters. The van der Waals surface area contributed by atoms with Crippen molar-refractivity contribution in [1.29, 1.82) is 0 Å². The Hall–Kier alpha value is -1.77. The maximum Gasteiger partial charge on any atom is 0.320 e. The number of carboxylic acid groups (broad SMARTS) is 2. The Bertz CT molecular complexity index is 1090. The van der Waals surface area contributed by atoms with E-state index < -0.39 is 18.0 Å². The van der Waals surface area contributed by atoms with Crippen LogP contribution in [0.15, 0.2) is 11.6 Å². The highest BCUT2D eigenvalue weighted by Gasteiger charge is 2.61. The van der Waals surface area contributed by atoms with Gasteiger partial charge in [-0.1, -0.05) is 111 Å². The Kier molecular flexibility index (Phi) is 20.0. The Labute approximate surface area is 311 Å². The minimum atomic E-state index is -0.933. The van der Waals surface area contributed by atoms with Crippen molar-refractivity contribution >= 4 is 17.7 Å². The van der Waals surface area contributed by atoms with Crippen LogP contribution < -0.4 is 11.5 Å². The fraction of sp³-hybridized carbons (Fsp3) is 0.884. The summed E-state index contributed by atoms with van der Waals surface area (Å²) in [6.45, 7) is 14.9. The molecule has 0 spiro atoms. The molecule has 3 fully saturated rings. The number of hydrogen-bond acceptors (Lipinski definition) is 6. The summed E-state index contributed by atoms with van der Waals surface area (Å²) < 4.78 is 0. The molecule has 0 aromatic heterocycles. The van der Waals surface area contributed by atoms with Gasteiger partial charge in [0.25, 0.3) is 0 Å². The van der Waals surface area contributed by atoms with Crippen LogP contribution >= 0.6 is 0 Å². The molecule has 296 valence electrons. The second kappa shape index (κ2) is 22.4. The molecular formula is C43H78N2O6. The number of aliphatic carboxylic acids is 2. The molecule has 51 heavy (non-hydrogen) atoms. The van der Waals surface area contributed by atoms with E-state index in [0.717, 1.165) is 62.7 Å². The Morgan fingerprint density at radius 1 is 0.843 bits per heavy atom. The normalized spacial score (nSPS) is 30.7. The van der Waals surface area contributed by atoms with Gasteiger partial charge in [-0.25, -0.2) is 0 Å². The van der Waals surface area contributed by atoms with Crippen molar-refractivity contribution in [3.05, 3.63) is 11.6 Å². The molecule has 4 aliphatic carbocycles. The van der Waals surface area contributed by atoms with E-state index in [0.29, 0.717) is 42.4 Å². The predicted molar refractivity (Wildman–Crippen MR) is 208 cm³/mol. The first-order valence-electron chi connectivity index (χ1n) is 20.9. The number of rotatable bonds is 18. The van der Waals surface area contributed by atoms with Crippen LogP contribution in [0.3, 0.4) is 0 Å². The Morgan fingerprint density at radius 2 is 1.51 bits per heavy atom. The van der Waals surface area contributed by atoms with Crippen molar-refractivity contribution in [1.82, 2.24) is 0 Å². The van der Waals surface area contributed by atoms with Gasteiger partial charge >= 0.3 is 11.9 Å². The summed E-state index contributed by atoms with van der Waals surface area (Å²) in [6, 6.07) is -0.716. The molecule has 4 aliphatic rings. The third-order valence-corrected chi connectivity index (χ3v) is 13.4. The highest BCUT2D eigenvalue weighted by molar-refractivity contribution is 5.94. The van der Waals surface area contributed by atoms with Gasteiger partial charge in [0.05, 0.1) is 6.10 Å². The summed E-state index contributed by atoms with van der Waals surface area (Å²) in [5, 5.41) is 26.9. The van der Waals surface area contributed by atoms with Gasteiger partial charge in [-0.15, -0.1) is 0 Å². The smallest absolute Gasteiger partial charge is 0.320 e. The zero-order valence-corrected chi connectivity index (χ0v) is 33.5. The lowest BCUT2D eigenvalue weighted by molar-refractivity contribution is -0.139. The number of fused-ring (bicyclic) bond motifs is 5. The summed E-state index contributed by atoms with van der Waals surface area (Å²) in [4.78, 5) is 33.7. The lowest BCUT2D eigenvalue weighted by atomic mass is 9.46. The summed E-state index contributed by atoms with van der Waals surface area (Å²) >= 11 is 0.